The summed E-state index contributed by atoms with van der Waals surface area (Å²) in [6.07, 6.45) is 2.32. The Hall–Kier alpha value is -0.970. The lowest BCUT2D eigenvalue weighted by atomic mass is 9.73. The topological polar surface area (TPSA) is 69.4 Å². The number of nitrogens with zero attached hydrogens (tertiary/aromatic N) is 1. The molecule has 2 aliphatic carbocycles. The van der Waals surface area contributed by atoms with Crippen molar-refractivity contribution in [2.75, 3.05) is 6.61 Å². The summed E-state index contributed by atoms with van der Waals surface area (Å²) in [5.41, 5.74) is -0.881. The van der Waals surface area contributed by atoms with E-state index in [1.807, 2.05) is 6.92 Å². The van der Waals surface area contributed by atoms with E-state index in [4.69, 9.17) is 4.74 Å². The quantitative estimate of drug-likeness (QED) is 0.542. The van der Waals surface area contributed by atoms with E-state index in [-0.39, 0.29) is 23.0 Å². The molecule has 16 heavy (non-hydrogen) atoms. The van der Waals surface area contributed by atoms with Gasteiger partial charge in [-0.15, -0.1) is 0 Å². The summed E-state index contributed by atoms with van der Waals surface area (Å²) >= 11 is 0. The molecule has 0 aromatic heterocycles. The first-order valence-corrected chi connectivity index (χ1v) is 5.89. The Morgan fingerprint density at radius 1 is 1.62 bits per heavy atom. The van der Waals surface area contributed by atoms with Crippen LogP contribution in [-0.2, 0) is 9.53 Å². The fourth-order valence-electron chi connectivity index (χ4n) is 3.17. The van der Waals surface area contributed by atoms with Crippen molar-refractivity contribution in [3.63, 3.8) is 0 Å². The van der Waals surface area contributed by atoms with Crippen LogP contribution >= 0.6 is 0 Å². The number of hydrogen-bond acceptors (Lipinski definition) is 4. The van der Waals surface area contributed by atoms with Crippen molar-refractivity contribution < 1.29 is 14.5 Å². The van der Waals surface area contributed by atoms with Gasteiger partial charge in [0.1, 0.15) is 6.10 Å². The zero-order chi connectivity index (χ0) is 11.8. The summed E-state index contributed by atoms with van der Waals surface area (Å²) in [4.78, 5) is 22.8. The molecule has 0 spiro atoms. The summed E-state index contributed by atoms with van der Waals surface area (Å²) in [5, 5.41) is 11.3. The van der Waals surface area contributed by atoms with E-state index >= 15 is 0 Å². The van der Waals surface area contributed by atoms with E-state index < -0.39 is 11.6 Å². The Bertz CT molecular complexity index is 317. The third-order valence-corrected chi connectivity index (χ3v) is 4.00. The van der Waals surface area contributed by atoms with Crippen LogP contribution in [0.25, 0.3) is 0 Å². The van der Waals surface area contributed by atoms with Crippen molar-refractivity contribution >= 4 is 5.78 Å². The maximum absolute atomic E-state index is 11.7. The highest BCUT2D eigenvalue weighted by molar-refractivity contribution is 5.84. The smallest absolute Gasteiger partial charge is 0.228 e. The first kappa shape index (κ1) is 11.5. The molecular formula is C11H17NO4. The molecule has 0 heterocycles. The number of carbonyl (C=O) groups is 1. The lowest BCUT2D eigenvalue weighted by molar-refractivity contribution is -0.581. The summed E-state index contributed by atoms with van der Waals surface area (Å²) in [6.45, 7) is 2.25. The van der Waals surface area contributed by atoms with Crippen LogP contribution in [0.5, 0.6) is 0 Å². The molecule has 90 valence electrons. The fraction of sp³-hybridized carbons (Fsp3) is 0.909. The number of ether oxygens (including phenoxy) is 1. The number of hydrogen-bond donors (Lipinski definition) is 0. The van der Waals surface area contributed by atoms with Crippen LogP contribution in [0.2, 0.25) is 0 Å². The molecule has 3 atom stereocenters. The molecule has 5 heteroatoms. The lowest BCUT2D eigenvalue weighted by Gasteiger charge is -2.34. The third kappa shape index (κ3) is 1.63. The van der Waals surface area contributed by atoms with Gasteiger partial charge in [-0.3, -0.25) is 14.9 Å². The Kier molecular flexibility index (Phi) is 2.97. The number of nitro groups is 1. The van der Waals surface area contributed by atoms with Crippen molar-refractivity contribution in [3.8, 4) is 0 Å². The largest absolute Gasteiger partial charge is 0.370 e. The standard InChI is InChI=1S/C11H17NO4/c1-2-16-10-7-11(12(14)15)5-3-4-8(11)6-9(10)13/h8,10H,2-7H2,1H3/t8-,10+,11-/m1/s1. The van der Waals surface area contributed by atoms with Crippen molar-refractivity contribution in [2.24, 2.45) is 5.92 Å². The van der Waals surface area contributed by atoms with Crippen LogP contribution in [0, 0.1) is 16.0 Å². The molecule has 0 radical (unpaired) electrons. The van der Waals surface area contributed by atoms with Crippen molar-refractivity contribution in [2.45, 2.75) is 50.7 Å². The number of carbonyl (C=O) groups excluding carboxylic acids is 1. The molecule has 2 saturated carbocycles. The van der Waals surface area contributed by atoms with E-state index in [9.17, 15) is 14.9 Å². The third-order valence-electron chi connectivity index (χ3n) is 4.00. The van der Waals surface area contributed by atoms with Gasteiger partial charge in [0.05, 0.1) is 6.42 Å². The number of Topliss-reactive ketones (excluding diaryl/α,β-unsaturated/α-hetero) is 1. The van der Waals surface area contributed by atoms with E-state index in [1.54, 1.807) is 0 Å². The zero-order valence-electron chi connectivity index (χ0n) is 9.48. The van der Waals surface area contributed by atoms with Gasteiger partial charge < -0.3 is 4.74 Å². The van der Waals surface area contributed by atoms with Crippen LogP contribution in [0.15, 0.2) is 0 Å². The Labute approximate surface area is 94.3 Å². The molecular weight excluding hydrogens is 210 g/mol. The molecule has 0 saturated heterocycles. The van der Waals surface area contributed by atoms with E-state index in [1.165, 1.54) is 0 Å². The molecule has 2 rings (SSSR count). The summed E-state index contributed by atoms with van der Waals surface area (Å²) < 4.78 is 5.32. The first-order chi connectivity index (χ1) is 7.60. The minimum absolute atomic E-state index is 0.0474. The minimum Gasteiger partial charge on any atom is -0.370 e. The van der Waals surface area contributed by atoms with Gasteiger partial charge in [0, 0.05) is 30.3 Å². The van der Waals surface area contributed by atoms with Gasteiger partial charge in [-0.25, -0.2) is 0 Å². The van der Waals surface area contributed by atoms with Gasteiger partial charge in [-0.05, 0) is 19.8 Å². The average Bonchev–Trinajstić information content (AvgIpc) is 2.63. The summed E-state index contributed by atoms with van der Waals surface area (Å²) in [7, 11) is 0. The van der Waals surface area contributed by atoms with Crippen LogP contribution < -0.4 is 0 Å². The van der Waals surface area contributed by atoms with Gasteiger partial charge in [0.15, 0.2) is 5.78 Å². The highest BCUT2D eigenvalue weighted by Crippen LogP contribution is 2.47. The molecule has 0 unspecified atom stereocenters. The Balaban J connectivity index is 2.21. The lowest BCUT2D eigenvalue weighted by Crippen LogP contribution is -2.52. The molecule has 0 amide bonds. The van der Waals surface area contributed by atoms with Crippen LogP contribution in [0.3, 0.4) is 0 Å². The van der Waals surface area contributed by atoms with Crippen LogP contribution in [0.4, 0.5) is 0 Å². The van der Waals surface area contributed by atoms with Crippen LogP contribution in [0.1, 0.15) is 39.0 Å². The summed E-state index contributed by atoms with van der Waals surface area (Å²) in [6, 6.07) is 0. The van der Waals surface area contributed by atoms with E-state index in [0.717, 1.165) is 12.8 Å². The normalized spacial score (nSPS) is 38.4. The van der Waals surface area contributed by atoms with Crippen molar-refractivity contribution in [1.82, 2.24) is 0 Å². The monoisotopic (exact) mass is 227 g/mol. The van der Waals surface area contributed by atoms with Crippen LogP contribution in [-0.4, -0.2) is 29.0 Å². The molecule has 0 N–H and O–H groups in total. The molecule has 2 fully saturated rings. The Morgan fingerprint density at radius 2 is 2.38 bits per heavy atom. The Morgan fingerprint density at radius 3 is 3.00 bits per heavy atom. The number of rotatable bonds is 3. The predicted molar refractivity (Wildman–Crippen MR) is 56.7 cm³/mol. The fourth-order valence-corrected chi connectivity index (χ4v) is 3.17. The second kappa shape index (κ2) is 4.13. The van der Waals surface area contributed by atoms with Gasteiger partial charge in [-0.1, -0.05) is 0 Å². The van der Waals surface area contributed by atoms with E-state index in [0.29, 0.717) is 19.4 Å². The molecule has 0 aliphatic heterocycles. The highest BCUT2D eigenvalue weighted by Gasteiger charge is 2.59. The SMILES string of the molecule is CCO[C@H]1C[C@]2([N+](=O)[O-])CCC[C@@H]2CC1=O. The second-order valence-corrected chi connectivity index (χ2v) is 4.77. The first-order valence-electron chi connectivity index (χ1n) is 5.89. The van der Waals surface area contributed by atoms with Gasteiger partial charge in [0.25, 0.3) is 0 Å². The second-order valence-electron chi connectivity index (χ2n) is 4.77. The average molecular weight is 227 g/mol. The van der Waals surface area contributed by atoms with Crippen molar-refractivity contribution in [1.29, 1.82) is 0 Å². The van der Waals surface area contributed by atoms with Gasteiger partial charge >= 0.3 is 0 Å². The van der Waals surface area contributed by atoms with Gasteiger partial charge in [-0.2, -0.15) is 0 Å². The zero-order valence-corrected chi connectivity index (χ0v) is 9.48. The molecule has 0 aromatic carbocycles. The molecule has 0 aromatic rings. The molecule has 2 aliphatic rings. The number of fused-ring (bicyclic) bond motifs is 1. The van der Waals surface area contributed by atoms with Gasteiger partial charge in [0.2, 0.25) is 5.54 Å². The molecule has 5 nitrogen and oxygen atoms in total. The highest BCUT2D eigenvalue weighted by atomic mass is 16.6. The van der Waals surface area contributed by atoms with Crippen molar-refractivity contribution in [3.05, 3.63) is 10.1 Å². The summed E-state index contributed by atoms with van der Waals surface area (Å²) in [5.74, 6) is -0.0158. The number of ketones is 1. The van der Waals surface area contributed by atoms with E-state index in [2.05, 4.69) is 0 Å². The minimum atomic E-state index is -0.881. The molecule has 0 bridgehead atoms. The maximum Gasteiger partial charge on any atom is 0.228 e. The maximum atomic E-state index is 11.7. The predicted octanol–water partition coefficient (Wildman–Crippen LogP) is 1.57.